The molecular formula is C22H22FN5O2S. The lowest BCUT2D eigenvalue weighted by atomic mass is 10.1. The maximum Gasteiger partial charge on any atom is 0.276 e. The minimum atomic E-state index is -0.572. The highest BCUT2D eigenvalue weighted by molar-refractivity contribution is 7.09. The normalized spacial score (nSPS) is 16.8. The van der Waals surface area contributed by atoms with Gasteiger partial charge < -0.3 is 19.8 Å². The fourth-order valence-corrected chi connectivity index (χ4v) is 5.00. The van der Waals surface area contributed by atoms with E-state index in [0.29, 0.717) is 46.6 Å². The van der Waals surface area contributed by atoms with Gasteiger partial charge >= 0.3 is 0 Å². The third kappa shape index (κ3) is 3.64. The van der Waals surface area contributed by atoms with E-state index >= 15 is 0 Å². The van der Waals surface area contributed by atoms with Crippen LogP contribution in [0.1, 0.15) is 16.8 Å². The van der Waals surface area contributed by atoms with Gasteiger partial charge in [0.1, 0.15) is 5.82 Å². The number of benzene rings is 1. The van der Waals surface area contributed by atoms with Crippen LogP contribution in [0.4, 0.5) is 4.39 Å². The molecule has 0 spiro atoms. The van der Waals surface area contributed by atoms with Crippen molar-refractivity contribution in [1.82, 2.24) is 24.8 Å². The Morgan fingerprint density at radius 1 is 1.26 bits per heavy atom. The zero-order valence-corrected chi connectivity index (χ0v) is 18.1. The van der Waals surface area contributed by atoms with Crippen molar-refractivity contribution >= 4 is 39.2 Å². The van der Waals surface area contributed by atoms with Crippen molar-refractivity contribution in [2.24, 2.45) is 5.92 Å². The van der Waals surface area contributed by atoms with Crippen LogP contribution in [0.2, 0.25) is 0 Å². The van der Waals surface area contributed by atoms with Crippen LogP contribution in [0.15, 0.2) is 33.8 Å². The number of nitrogens with zero attached hydrogens (tertiary/aromatic N) is 3. The van der Waals surface area contributed by atoms with E-state index in [0.717, 1.165) is 13.0 Å². The van der Waals surface area contributed by atoms with E-state index in [4.69, 9.17) is 0 Å². The Hall–Kier alpha value is -3.04. The van der Waals surface area contributed by atoms with Crippen LogP contribution >= 0.6 is 11.3 Å². The van der Waals surface area contributed by atoms with E-state index in [1.54, 1.807) is 17.0 Å². The summed E-state index contributed by atoms with van der Waals surface area (Å²) in [5, 5.41) is 4.34. The number of nitrogens with one attached hydrogen (secondary N) is 2. The molecule has 1 saturated heterocycles. The van der Waals surface area contributed by atoms with E-state index in [-0.39, 0.29) is 22.7 Å². The molecule has 0 bridgehead atoms. The number of hydrogen-bond acceptors (Lipinski definition) is 5. The molecule has 4 aromatic rings. The topological polar surface area (TPSA) is 85.1 Å². The van der Waals surface area contributed by atoms with Gasteiger partial charge in [0, 0.05) is 41.3 Å². The Balaban J connectivity index is 1.47. The fraction of sp³-hybridized carbons (Fsp3) is 0.318. The Morgan fingerprint density at radius 3 is 2.90 bits per heavy atom. The molecule has 1 amide bonds. The van der Waals surface area contributed by atoms with Gasteiger partial charge in [-0.05, 0) is 44.6 Å². The van der Waals surface area contributed by atoms with E-state index in [1.165, 1.54) is 17.4 Å². The van der Waals surface area contributed by atoms with Gasteiger partial charge in [-0.15, -0.1) is 11.3 Å². The van der Waals surface area contributed by atoms with Gasteiger partial charge in [-0.3, -0.25) is 9.59 Å². The predicted molar refractivity (Wildman–Crippen MR) is 120 cm³/mol. The van der Waals surface area contributed by atoms with Crippen LogP contribution in [0.25, 0.3) is 33.3 Å². The number of thiophene rings is 1. The maximum atomic E-state index is 14.8. The summed E-state index contributed by atoms with van der Waals surface area (Å²) in [5.74, 6) is -0.467. The molecule has 5 rings (SSSR count). The van der Waals surface area contributed by atoms with Crippen molar-refractivity contribution in [2.45, 2.75) is 6.42 Å². The first-order valence-corrected chi connectivity index (χ1v) is 11.1. The highest BCUT2D eigenvalue weighted by atomic mass is 32.1. The summed E-state index contributed by atoms with van der Waals surface area (Å²) in [6.45, 7) is 2.17. The van der Waals surface area contributed by atoms with Gasteiger partial charge in [0.2, 0.25) is 0 Å². The monoisotopic (exact) mass is 439 g/mol. The summed E-state index contributed by atoms with van der Waals surface area (Å²) in [4.78, 5) is 39.6. The molecule has 4 heterocycles. The van der Waals surface area contributed by atoms with Crippen molar-refractivity contribution in [3.05, 3.63) is 50.7 Å². The number of amides is 1. The van der Waals surface area contributed by atoms with Crippen LogP contribution in [0.3, 0.4) is 0 Å². The molecule has 31 heavy (non-hydrogen) atoms. The number of halogens is 1. The van der Waals surface area contributed by atoms with Crippen LogP contribution in [0, 0.1) is 11.7 Å². The molecular weight excluding hydrogens is 417 g/mol. The molecule has 1 aliphatic heterocycles. The van der Waals surface area contributed by atoms with Crippen molar-refractivity contribution in [1.29, 1.82) is 0 Å². The van der Waals surface area contributed by atoms with E-state index in [1.807, 2.05) is 24.9 Å². The first kappa shape index (κ1) is 19.9. The molecule has 7 nitrogen and oxygen atoms in total. The van der Waals surface area contributed by atoms with Gasteiger partial charge in [0.15, 0.2) is 5.69 Å². The number of hydrogen-bond donors (Lipinski definition) is 2. The lowest BCUT2D eigenvalue weighted by Crippen LogP contribution is -2.31. The van der Waals surface area contributed by atoms with Crippen molar-refractivity contribution in [3.8, 4) is 11.4 Å². The average Bonchev–Trinajstić information content (AvgIpc) is 3.44. The molecule has 1 aromatic carbocycles. The number of carbonyl (C=O) groups excluding carboxylic acids is 1. The van der Waals surface area contributed by atoms with Crippen LogP contribution in [-0.4, -0.2) is 64.4 Å². The molecule has 2 N–H and O–H groups in total. The predicted octanol–water partition coefficient (Wildman–Crippen LogP) is 3.30. The Labute approximate surface area is 181 Å². The van der Waals surface area contributed by atoms with Crippen molar-refractivity contribution in [2.75, 3.05) is 33.7 Å². The standard InChI is InChI=1S/C22H22FN5O2S/c1-27(2)8-12-3-4-28(9-12)22(30)14-5-13-6-17(24-16(13)7-15(14)23)20-21(29)26-19-11-31-10-18(19)25-20/h5-7,10-12,24H,3-4,8-9H2,1-2H3,(H,26,29). The fourth-order valence-electron chi connectivity index (χ4n) is 4.30. The second-order valence-corrected chi connectivity index (χ2v) is 9.10. The van der Waals surface area contributed by atoms with Crippen LogP contribution in [-0.2, 0) is 0 Å². The summed E-state index contributed by atoms with van der Waals surface area (Å²) in [5.41, 5.74) is 2.36. The first-order chi connectivity index (χ1) is 14.9. The van der Waals surface area contributed by atoms with E-state index in [2.05, 4.69) is 19.9 Å². The molecule has 0 saturated carbocycles. The molecule has 1 atom stereocenters. The number of carbonyl (C=O) groups is 1. The Morgan fingerprint density at radius 2 is 2.10 bits per heavy atom. The molecule has 1 aliphatic rings. The lowest BCUT2D eigenvalue weighted by molar-refractivity contribution is 0.0780. The SMILES string of the molecule is CN(C)CC1CCN(C(=O)c2cc3cc(-c4nc5cscc5[nH]c4=O)[nH]c3cc2F)C1. The zero-order chi connectivity index (χ0) is 21.7. The van der Waals surface area contributed by atoms with Gasteiger partial charge in [-0.25, -0.2) is 9.37 Å². The van der Waals surface area contributed by atoms with Crippen molar-refractivity contribution in [3.63, 3.8) is 0 Å². The Bertz CT molecular complexity index is 1360. The van der Waals surface area contributed by atoms with Crippen LogP contribution < -0.4 is 5.56 Å². The summed E-state index contributed by atoms with van der Waals surface area (Å²) in [6, 6.07) is 4.61. The van der Waals surface area contributed by atoms with E-state index < -0.39 is 5.82 Å². The summed E-state index contributed by atoms with van der Waals surface area (Å²) in [6.07, 6.45) is 0.918. The summed E-state index contributed by atoms with van der Waals surface area (Å²) >= 11 is 1.46. The smallest absolute Gasteiger partial charge is 0.276 e. The van der Waals surface area contributed by atoms with Gasteiger partial charge in [0.05, 0.1) is 22.3 Å². The largest absolute Gasteiger partial charge is 0.353 e. The number of rotatable bonds is 4. The summed E-state index contributed by atoms with van der Waals surface area (Å²) < 4.78 is 14.8. The number of fused-ring (bicyclic) bond motifs is 2. The molecule has 0 radical (unpaired) electrons. The van der Waals surface area contributed by atoms with Gasteiger partial charge in [-0.2, -0.15) is 0 Å². The van der Waals surface area contributed by atoms with Crippen LogP contribution in [0.5, 0.6) is 0 Å². The van der Waals surface area contributed by atoms with Gasteiger partial charge in [-0.1, -0.05) is 0 Å². The second-order valence-electron chi connectivity index (χ2n) is 8.36. The summed E-state index contributed by atoms with van der Waals surface area (Å²) in [7, 11) is 4.02. The Kier molecular flexibility index (Phi) is 4.86. The van der Waals surface area contributed by atoms with Crippen molar-refractivity contribution < 1.29 is 9.18 Å². The highest BCUT2D eigenvalue weighted by Gasteiger charge is 2.29. The molecule has 160 valence electrons. The van der Waals surface area contributed by atoms with Gasteiger partial charge in [0.25, 0.3) is 11.5 Å². The highest BCUT2D eigenvalue weighted by Crippen LogP contribution is 2.27. The molecule has 1 unspecified atom stereocenters. The minimum Gasteiger partial charge on any atom is -0.353 e. The zero-order valence-electron chi connectivity index (χ0n) is 17.2. The minimum absolute atomic E-state index is 0.0544. The molecule has 3 aromatic heterocycles. The number of aromatic nitrogens is 3. The third-order valence-corrected chi connectivity index (χ3v) is 6.46. The molecule has 9 heteroatoms. The molecule has 0 aliphatic carbocycles. The molecule has 1 fully saturated rings. The number of likely N-dealkylation sites (tertiary alicyclic amines) is 1. The lowest BCUT2D eigenvalue weighted by Gasteiger charge is -2.19. The number of aromatic amines is 2. The quantitative estimate of drug-likeness (QED) is 0.511. The first-order valence-electron chi connectivity index (χ1n) is 10.1. The third-order valence-electron chi connectivity index (χ3n) is 5.73. The average molecular weight is 440 g/mol. The number of H-pyrrole nitrogens is 2. The maximum absolute atomic E-state index is 14.8. The van der Waals surface area contributed by atoms with E-state index in [9.17, 15) is 14.0 Å². The second kappa shape index (κ2) is 7.58.